The zero-order valence-electron chi connectivity index (χ0n) is 37.9. The van der Waals surface area contributed by atoms with E-state index in [1.54, 1.807) is 24.3 Å². The first-order valence-electron chi connectivity index (χ1n) is 23.3. The Balaban J connectivity index is 0.764. The third-order valence-corrected chi connectivity index (χ3v) is 14.1. The molecule has 4 atom stereocenters. The number of nitrogens with zero attached hydrogens (tertiary/aromatic N) is 7. The van der Waals surface area contributed by atoms with Crippen LogP contribution in [0.1, 0.15) is 70.4 Å². The van der Waals surface area contributed by atoms with Crippen molar-refractivity contribution in [2.75, 3.05) is 75.7 Å². The van der Waals surface area contributed by atoms with Gasteiger partial charge in [-0.05, 0) is 67.0 Å². The number of anilines is 2. The van der Waals surface area contributed by atoms with Gasteiger partial charge in [0.2, 0.25) is 23.6 Å². The van der Waals surface area contributed by atoms with Gasteiger partial charge in [-0.25, -0.2) is 0 Å². The van der Waals surface area contributed by atoms with Gasteiger partial charge in [0.15, 0.2) is 5.82 Å². The van der Waals surface area contributed by atoms with Crippen molar-refractivity contribution in [1.29, 1.82) is 0 Å². The highest BCUT2D eigenvalue weighted by molar-refractivity contribution is 5.93. The minimum absolute atomic E-state index is 0.0212. The van der Waals surface area contributed by atoms with Crippen molar-refractivity contribution in [2.45, 2.75) is 96.1 Å². The summed E-state index contributed by atoms with van der Waals surface area (Å²) in [6.45, 7) is 12.9. The molecule has 65 heavy (non-hydrogen) atoms. The summed E-state index contributed by atoms with van der Waals surface area (Å²) in [4.78, 5) is 65.5. The molecule has 2 aromatic carbocycles. The number of carbonyl (C=O) groups is 4. The van der Waals surface area contributed by atoms with Crippen molar-refractivity contribution in [1.82, 2.24) is 40.4 Å². The molecular weight excluding hydrogens is 825 g/mol. The fourth-order valence-electron chi connectivity index (χ4n) is 10.2. The fourth-order valence-corrected chi connectivity index (χ4v) is 10.2. The number of para-hydroxylation sites is 1. The number of phenols is 1. The Kier molecular flexibility index (Phi) is 13.9. The maximum atomic E-state index is 14.2. The second-order valence-corrected chi connectivity index (χ2v) is 19.4. The van der Waals surface area contributed by atoms with Crippen LogP contribution >= 0.6 is 0 Å². The number of hydrogen-bond acceptors (Lipinski definition) is 12. The quantitative estimate of drug-likeness (QED) is 0.178. The predicted octanol–water partition coefficient (Wildman–Crippen LogP) is 2.65. The number of terminal acetylenes is 1. The Morgan fingerprint density at radius 2 is 1.65 bits per heavy atom. The maximum Gasteiger partial charge on any atom is 0.246 e. The molecule has 1 aliphatic carbocycles. The van der Waals surface area contributed by atoms with Gasteiger partial charge in [-0.15, -0.1) is 16.6 Å². The number of aliphatic hydroxyl groups excluding tert-OH is 1. The molecule has 0 spiro atoms. The molecule has 5 N–H and O–H groups in total. The highest BCUT2D eigenvalue weighted by Crippen LogP contribution is 2.36. The molecule has 5 aliphatic rings. The van der Waals surface area contributed by atoms with Crippen molar-refractivity contribution >= 4 is 35.1 Å². The molecule has 4 fully saturated rings. The van der Waals surface area contributed by atoms with Crippen molar-refractivity contribution in [3.05, 3.63) is 65.7 Å². The molecule has 4 amide bonds. The largest absolute Gasteiger partial charge is 0.507 e. The molecule has 0 radical (unpaired) electrons. The van der Waals surface area contributed by atoms with E-state index in [-0.39, 0.29) is 60.8 Å². The number of rotatable bonds is 11. The van der Waals surface area contributed by atoms with Crippen LogP contribution in [0, 0.1) is 23.7 Å². The third-order valence-electron chi connectivity index (χ3n) is 14.1. The SMILES string of the molecule is C#Cc1ccc(CNC(=O)[C@@H]2C[C@@H](O)CN2C(=O)[C@@H](NC(=O)[C@H]2CC[C@@H](N3CCN(C(=O)CCN4CCN5c6cc(-c7ccccc7O)nnc6NC[C@H]5C4)CC3)CC2)C(C)(C)C)cc1. The van der Waals surface area contributed by atoms with Crippen LogP contribution in [0.5, 0.6) is 5.75 Å². The van der Waals surface area contributed by atoms with Gasteiger partial charge in [0.25, 0.3) is 0 Å². The lowest BCUT2D eigenvalue weighted by Crippen LogP contribution is -2.59. The highest BCUT2D eigenvalue weighted by atomic mass is 16.3. The Bertz CT molecular complexity index is 2240. The monoisotopic (exact) mass is 889 g/mol. The van der Waals surface area contributed by atoms with Crippen LogP contribution in [0.25, 0.3) is 11.3 Å². The number of amides is 4. The minimum atomic E-state index is -0.873. The van der Waals surface area contributed by atoms with Crippen LogP contribution in [-0.2, 0) is 25.7 Å². The van der Waals surface area contributed by atoms with E-state index in [1.165, 1.54) is 4.90 Å². The molecule has 346 valence electrons. The average molecular weight is 889 g/mol. The summed E-state index contributed by atoms with van der Waals surface area (Å²) < 4.78 is 0. The van der Waals surface area contributed by atoms with Crippen molar-refractivity contribution in [3.8, 4) is 29.4 Å². The normalized spacial score (nSPS) is 24.2. The number of nitrogens with one attached hydrogen (secondary N) is 3. The lowest BCUT2D eigenvalue weighted by molar-refractivity contribution is -0.144. The smallest absolute Gasteiger partial charge is 0.246 e. The third kappa shape index (κ3) is 10.5. The summed E-state index contributed by atoms with van der Waals surface area (Å²) in [7, 11) is 0. The van der Waals surface area contributed by atoms with Gasteiger partial charge in [0.05, 0.1) is 23.5 Å². The number of carbonyl (C=O) groups excluding carboxylic acids is 4. The number of phenolic OH excluding ortho intramolecular Hbond substituents is 1. The van der Waals surface area contributed by atoms with Gasteiger partial charge in [-0.1, -0.05) is 51.0 Å². The van der Waals surface area contributed by atoms with E-state index in [4.69, 9.17) is 6.42 Å². The van der Waals surface area contributed by atoms with Gasteiger partial charge < -0.3 is 40.9 Å². The number of hydrogen-bond donors (Lipinski definition) is 5. The fraction of sp³-hybridized carbons (Fsp3) is 0.551. The van der Waals surface area contributed by atoms with Crippen LogP contribution in [0.15, 0.2) is 54.6 Å². The minimum Gasteiger partial charge on any atom is -0.507 e. The molecule has 5 heterocycles. The maximum absolute atomic E-state index is 14.2. The molecule has 16 nitrogen and oxygen atoms in total. The van der Waals surface area contributed by atoms with Gasteiger partial charge in [-0.2, -0.15) is 0 Å². The Labute approximate surface area is 382 Å². The molecule has 0 unspecified atom stereocenters. The van der Waals surface area contributed by atoms with Crippen LogP contribution in [0.4, 0.5) is 11.5 Å². The van der Waals surface area contributed by atoms with Crippen molar-refractivity contribution in [3.63, 3.8) is 0 Å². The molecular formula is C49H64N10O6. The predicted molar refractivity (Wildman–Crippen MR) is 247 cm³/mol. The van der Waals surface area contributed by atoms with E-state index >= 15 is 0 Å². The van der Waals surface area contributed by atoms with E-state index < -0.39 is 23.6 Å². The lowest BCUT2D eigenvalue weighted by atomic mass is 9.82. The number of aromatic hydroxyl groups is 1. The first kappa shape index (κ1) is 45.8. The van der Waals surface area contributed by atoms with Crippen LogP contribution in [0.2, 0.25) is 0 Å². The Morgan fingerprint density at radius 3 is 2.35 bits per heavy atom. The van der Waals surface area contributed by atoms with Crippen molar-refractivity contribution < 1.29 is 29.4 Å². The summed E-state index contributed by atoms with van der Waals surface area (Å²) in [5.41, 5.74) is 3.23. The molecule has 1 saturated carbocycles. The number of β-amino-alcohol motifs (C(OH)–C–C–N with tert-alkyl or cyclic N) is 1. The van der Waals surface area contributed by atoms with E-state index in [9.17, 15) is 29.4 Å². The summed E-state index contributed by atoms with van der Waals surface area (Å²) in [6, 6.07) is 15.3. The van der Waals surface area contributed by atoms with E-state index in [0.717, 1.165) is 74.7 Å². The first-order valence-corrected chi connectivity index (χ1v) is 23.3. The molecule has 1 aromatic heterocycles. The Hall–Kier alpha value is -5.76. The second kappa shape index (κ2) is 19.8. The van der Waals surface area contributed by atoms with E-state index in [2.05, 4.69) is 46.8 Å². The van der Waals surface area contributed by atoms with Gasteiger partial charge >= 0.3 is 0 Å². The summed E-state index contributed by atoms with van der Waals surface area (Å²) >= 11 is 0. The van der Waals surface area contributed by atoms with Crippen LogP contribution in [-0.4, -0.2) is 159 Å². The topological polar surface area (TPSA) is 187 Å². The standard InChI is InChI=1S/C49H64N10O6/c1-5-32-10-12-33(13-11-32)28-51-47(64)41-26-37(60)31-59(41)48(65)44(49(2,3)4)52-46(63)34-14-16-35(17-15-34)56-21-23-57(24-22-56)43(62)18-19-55-20-25-58-36(30-55)29-50-45-40(58)27-39(53-54-45)38-8-6-7-9-42(38)61/h1,6-13,27,34-37,41,44,60-61H,14-26,28-31H2,2-4H3,(H,50,54)(H,51,64)(H,52,63)/t34-,35+,36-,37+,41-,44+/m0/s1. The average Bonchev–Trinajstić information content (AvgIpc) is 3.72. The number of aromatic nitrogens is 2. The molecule has 8 rings (SSSR count). The lowest BCUT2D eigenvalue weighted by Gasteiger charge is -2.46. The summed E-state index contributed by atoms with van der Waals surface area (Å²) in [5.74, 6) is 2.59. The molecule has 4 aliphatic heterocycles. The highest BCUT2D eigenvalue weighted by Gasteiger charge is 2.45. The van der Waals surface area contributed by atoms with Crippen molar-refractivity contribution in [2.24, 2.45) is 11.3 Å². The van der Waals surface area contributed by atoms with Gasteiger partial charge in [0.1, 0.15) is 17.8 Å². The van der Waals surface area contributed by atoms with E-state index in [1.807, 2.05) is 56.0 Å². The zero-order valence-corrected chi connectivity index (χ0v) is 37.9. The molecule has 0 bridgehead atoms. The van der Waals surface area contributed by atoms with Crippen LogP contribution in [0.3, 0.4) is 0 Å². The molecule has 3 aromatic rings. The Morgan fingerprint density at radius 1 is 0.908 bits per heavy atom. The number of aliphatic hydroxyl groups is 1. The number of benzene rings is 2. The molecule has 16 heteroatoms. The van der Waals surface area contributed by atoms with E-state index in [0.29, 0.717) is 56.2 Å². The summed E-state index contributed by atoms with van der Waals surface area (Å²) in [6.07, 6.45) is 8.36. The zero-order chi connectivity index (χ0) is 45.8. The summed E-state index contributed by atoms with van der Waals surface area (Å²) in [5, 5.41) is 39.2. The van der Waals surface area contributed by atoms with Crippen LogP contribution < -0.4 is 20.9 Å². The first-order chi connectivity index (χ1) is 31.2. The molecule has 3 saturated heterocycles. The van der Waals surface area contributed by atoms with Gasteiger partial charge in [0, 0.05) is 108 Å². The number of likely N-dealkylation sites (tertiary alicyclic amines) is 1. The van der Waals surface area contributed by atoms with Gasteiger partial charge in [-0.3, -0.25) is 29.0 Å². The number of piperazine rings is 2. The number of fused-ring (bicyclic) bond motifs is 3. The second-order valence-electron chi connectivity index (χ2n) is 19.4.